The van der Waals surface area contributed by atoms with Gasteiger partial charge in [0.15, 0.2) is 5.96 Å². The number of likely N-dealkylation sites (tertiary alicyclic amines) is 1. The summed E-state index contributed by atoms with van der Waals surface area (Å²) in [6, 6.07) is 10.0. The van der Waals surface area contributed by atoms with Gasteiger partial charge in [-0.1, -0.05) is 24.6 Å². The van der Waals surface area contributed by atoms with Crippen molar-refractivity contribution >= 4 is 29.9 Å². The summed E-state index contributed by atoms with van der Waals surface area (Å²) in [6.45, 7) is 4.10. The molecule has 1 heterocycles. The lowest BCUT2D eigenvalue weighted by Crippen LogP contribution is -2.42. The van der Waals surface area contributed by atoms with Crippen molar-refractivity contribution in [2.45, 2.75) is 38.5 Å². The van der Waals surface area contributed by atoms with Gasteiger partial charge in [0.05, 0.1) is 6.61 Å². The molecular weight excluding hydrogens is 413 g/mol. The highest BCUT2D eigenvalue weighted by Crippen LogP contribution is 2.47. The molecule has 0 aromatic heterocycles. The molecule has 1 aliphatic carbocycles. The maximum absolute atomic E-state index is 5.72. The van der Waals surface area contributed by atoms with E-state index >= 15 is 0 Å². The van der Waals surface area contributed by atoms with Gasteiger partial charge < -0.3 is 15.0 Å². The zero-order valence-electron chi connectivity index (χ0n) is 14.7. The lowest BCUT2D eigenvalue weighted by Gasteiger charge is -2.38. The Morgan fingerprint density at radius 1 is 1.21 bits per heavy atom. The van der Waals surface area contributed by atoms with Gasteiger partial charge in [0.2, 0.25) is 0 Å². The first kappa shape index (κ1) is 19.3. The van der Waals surface area contributed by atoms with Crippen LogP contribution >= 0.6 is 24.0 Å². The minimum atomic E-state index is 0. The highest BCUT2D eigenvalue weighted by atomic mass is 127. The number of hydrogen-bond donors (Lipinski definition) is 1. The number of aliphatic imine (C=N–C) groups is 1. The van der Waals surface area contributed by atoms with E-state index < -0.39 is 0 Å². The Hall–Kier alpha value is -0.980. The molecule has 1 aliphatic heterocycles. The number of para-hydroxylation sites is 1. The van der Waals surface area contributed by atoms with Crippen LogP contribution in [0.5, 0.6) is 5.75 Å². The number of nitrogens with zero attached hydrogens (tertiary/aromatic N) is 2. The van der Waals surface area contributed by atoms with Gasteiger partial charge in [-0.3, -0.25) is 4.99 Å². The van der Waals surface area contributed by atoms with Gasteiger partial charge in [-0.05, 0) is 49.7 Å². The minimum absolute atomic E-state index is 0. The molecule has 1 saturated carbocycles. The van der Waals surface area contributed by atoms with E-state index in [1.807, 2.05) is 37.4 Å². The van der Waals surface area contributed by atoms with Crippen molar-refractivity contribution in [3.8, 4) is 5.75 Å². The maximum Gasteiger partial charge on any atom is 0.193 e. The highest BCUT2D eigenvalue weighted by Gasteiger charge is 2.43. The van der Waals surface area contributed by atoms with Gasteiger partial charge in [-0.15, -0.1) is 24.0 Å². The molecule has 24 heavy (non-hydrogen) atoms. The molecule has 4 nitrogen and oxygen atoms in total. The molecule has 1 N–H and O–H groups in total. The van der Waals surface area contributed by atoms with Crippen LogP contribution in [0.2, 0.25) is 0 Å². The van der Waals surface area contributed by atoms with E-state index in [0.717, 1.165) is 44.2 Å². The molecule has 1 spiro atoms. The monoisotopic (exact) mass is 443 g/mol. The number of ether oxygens (including phenoxy) is 1. The van der Waals surface area contributed by atoms with E-state index in [4.69, 9.17) is 4.74 Å². The molecule has 0 amide bonds. The first-order chi connectivity index (χ1) is 11.3. The van der Waals surface area contributed by atoms with Gasteiger partial charge in [0, 0.05) is 26.7 Å². The van der Waals surface area contributed by atoms with E-state index in [-0.39, 0.29) is 24.0 Å². The van der Waals surface area contributed by atoms with Crippen LogP contribution in [0.15, 0.2) is 35.3 Å². The van der Waals surface area contributed by atoms with Crippen molar-refractivity contribution in [2.75, 3.05) is 33.3 Å². The first-order valence-electron chi connectivity index (χ1n) is 8.95. The van der Waals surface area contributed by atoms with Crippen LogP contribution in [0.1, 0.15) is 38.5 Å². The summed E-state index contributed by atoms with van der Waals surface area (Å²) in [5.74, 6) is 2.04. The molecule has 3 rings (SSSR count). The summed E-state index contributed by atoms with van der Waals surface area (Å²) in [6.07, 6.45) is 7.75. The standard InChI is InChI=1S/C19H29N3O.HI/c1-20-18(22-14-12-19(16-22)10-7-11-19)21-13-5-6-15-23-17-8-3-2-4-9-17;/h2-4,8-9H,5-7,10-16H2,1H3,(H,20,21);1H. The molecule has 1 aromatic carbocycles. The SMILES string of the molecule is CN=C(NCCCCOc1ccccc1)N1CCC2(CCC2)C1.I. The molecular formula is C19H30IN3O. The first-order valence-corrected chi connectivity index (χ1v) is 8.95. The van der Waals surface area contributed by atoms with Crippen LogP contribution in [0, 0.1) is 5.41 Å². The van der Waals surface area contributed by atoms with Crippen LogP contribution in [0.4, 0.5) is 0 Å². The Morgan fingerprint density at radius 3 is 2.62 bits per heavy atom. The van der Waals surface area contributed by atoms with E-state index in [2.05, 4.69) is 15.2 Å². The average molecular weight is 443 g/mol. The number of unbranched alkanes of at least 4 members (excludes halogenated alkanes) is 1. The van der Waals surface area contributed by atoms with Crippen molar-refractivity contribution < 1.29 is 4.74 Å². The minimum Gasteiger partial charge on any atom is -0.494 e. The fraction of sp³-hybridized carbons (Fsp3) is 0.632. The Balaban J connectivity index is 0.00000208. The normalized spacial score (nSPS) is 18.9. The summed E-state index contributed by atoms with van der Waals surface area (Å²) in [7, 11) is 1.90. The third kappa shape index (κ3) is 5.01. The van der Waals surface area contributed by atoms with Crippen LogP contribution in [0.3, 0.4) is 0 Å². The number of rotatable bonds is 6. The third-order valence-electron chi connectivity index (χ3n) is 5.23. The van der Waals surface area contributed by atoms with Crippen molar-refractivity contribution in [3.05, 3.63) is 30.3 Å². The van der Waals surface area contributed by atoms with E-state index in [1.165, 1.54) is 32.2 Å². The third-order valence-corrected chi connectivity index (χ3v) is 5.23. The summed E-state index contributed by atoms with van der Waals surface area (Å²) in [5, 5.41) is 3.52. The number of guanidine groups is 1. The van der Waals surface area contributed by atoms with Gasteiger partial charge in [-0.25, -0.2) is 0 Å². The maximum atomic E-state index is 5.72. The number of halogens is 1. The molecule has 2 aliphatic rings. The Kier molecular flexibility index (Phi) is 7.65. The van der Waals surface area contributed by atoms with E-state index in [1.54, 1.807) is 0 Å². The number of nitrogens with one attached hydrogen (secondary N) is 1. The van der Waals surface area contributed by atoms with Gasteiger partial charge in [0.25, 0.3) is 0 Å². The highest BCUT2D eigenvalue weighted by molar-refractivity contribution is 14.0. The van der Waals surface area contributed by atoms with E-state index in [0.29, 0.717) is 5.41 Å². The topological polar surface area (TPSA) is 36.9 Å². The van der Waals surface area contributed by atoms with Gasteiger partial charge in [0.1, 0.15) is 5.75 Å². The second-order valence-electron chi connectivity index (χ2n) is 6.87. The van der Waals surface area contributed by atoms with Crippen molar-refractivity contribution in [1.29, 1.82) is 0 Å². The predicted molar refractivity (Wildman–Crippen MR) is 110 cm³/mol. The molecule has 0 unspecified atom stereocenters. The zero-order valence-corrected chi connectivity index (χ0v) is 17.0. The lowest BCUT2D eigenvalue weighted by molar-refractivity contribution is 0.151. The molecule has 134 valence electrons. The van der Waals surface area contributed by atoms with Gasteiger partial charge >= 0.3 is 0 Å². The summed E-state index contributed by atoms with van der Waals surface area (Å²) < 4.78 is 5.72. The second-order valence-corrected chi connectivity index (χ2v) is 6.87. The predicted octanol–water partition coefficient (Wildman–Crippen LogP) is 3.92. The number of benzene rings is 1. The molecule has 5 heteroatoms. The lowest BCUT2D eigenvalue weighted by atomic mass is 9.68. The van der Waals surface area contributed by atoms with Crippen LogP contribution in [-0.2, 0) is 0 Å². The fourth-order valence-electron chi connectivity index (χ4n) is 3.67. The molecule has 2 fully saturated rings. The Labute approximate surface area is 163 Å². The largest absolute Gasteiger partial charge is 0.494 e. The molecule has 1 aromatic rings. The summed E-state index contributed by atoms with van der Waals surface area (Å²) >= 11 is 0. The summed E-state index contributed by atoms with van der Waals surface area (Å²) in [4.78, 5) is 6.90. The van der Waals surface area contributed by atoms with Crippen LogP contribution < -0.4 is 10.1 Å². The van der Waals surface area contributed by atoms with E-state index in [9.17, 15) is 0 Å². The second kappa shape index (κ2) is 9.49. The molecule has 1 saturated heterocycles. The fourth-order valence-corrected chi connectivity index (χ4v) is 3.67. The Morgan fingerprint density at radius 2 is 2.00 bits per heavy atom. The zero-order chi connectivity index (χ0) is 16.0. The molecule has 0 atom stereocenters. The van der Waals surface area contributed by atoms with Crippen molar-refractivity contribution in [2.24, 2.45) is 10.4 Å². The average Bonchev–Trinajstić information content (AvgIpc) is 3.01. The number of hydrogen-bond acceptors (Lipinski definition) is 2. The summed E-state index contributed by atoms with van der Waals surface area (Å²) in [5.41, 5.74) is 0.626. The van der Waals surface area contributed by atoms with Crippen LogP contribution in [-0.4, -0.2) is 44.1 Å². The quantitative estimate of drug-likeness (QED) is 0.314. The smallest absolute Gasteiger partial charge is 0.193 e. The van der Waals surface area contributed by atoms with Crippen molar-refractivity contribution in [3.63, 3.8) is 0 Å². The van der Waals surface area contributed by atoms with Crippen LogP contribution in [0.25, 0.3) is 0 Å². The molecule has 0 bridgehead atoms. The Bertz CT molecular complexity index is 517. The molecule has 0 radical (unpaired) electrons. The van der Waals surface area contributed by atoms with Gasteiger partial charge in [-0.2, -0.15) is 0 Å². The van der Waals surface area contributed by atoms with Crippen molar-refractivity contribution in [1.82, 2.24) is 10.2 Å².